The number of hydrogen-bond donors (Lipinski definition) is 0. The van der Waals surface area contributed by atoms with Crippen LogP contribution in [0.5, 0.6) is 0 Å². The van der Waals surface area contributed by atoms with Gasteiger partial charge in [0.15, 0.2) is 5.79 Å². The van der Waals surface area contributed by atoms with E-state index >= 15 is 0 Å². The first kappa shape index (κ1) is 13.3. The third kappa shape index (κ3) is 1.66. The van der Waals surface area contributed by atoms with E-state index in [0.29, 0.717) is 19.6 Å². The fraction of sp³-hybridized carbons (Fsp3) is 0.800. The number of carbonyl (C=O) groups excluding carboxylic acids is 1. The van der Waals surface area contributed by atoms with Gasteiger partial charge in [0.25, 0.3) is 0 Å². The second kappa shape index (κ2) is 3.68. The van der Waals surface area contributed by atoms with Crippen molar-refractivity contribution >= 4 is 5.78 Å². The Hall–Kier alpha value is -0.710. The van der Waals surface area contributed by atoms with E-state index in [-0.39, 0.29) is 11.4 Å². The monoisotopic (exact) mass is 266 g/mol. The number of ketones is 1. The van der Waals surface area contributed by atoms with Gasteiger partial charge in [-0.05, 0) is 46.3 Å². The Morgan fingerprint density at radius 2 is 1.68 bits per heavy atom. The fourth-order valence-electron chi connectivity index (χ4n) is 3.54. The molecule has 3 fully saturated rings. The van der Waals surface area contributed by atoms with E-state index in [1.165, 1.54) is 0 Å². The molecule has 0 spiro atoms. The molecule has 106 valence electrons. The molecule has 0 bridgehead atoms. The summed E-state index contributed by atoms with van der Waals surface area (Å²) in [5, 5.41) is 0. The molecule has 2 unspecified atom stereocenters. The lowest BCUT2D eigenvalue weighted by Crippen LogP contribution is -2.47. The average Bonchev–Trinajstić information content (AvgIpc) is 2.74. The number of rotatable bonds is 2. The minimum atomic E-state index is -0.682. The third-order valence-corrected chi connectivity index (χ3v) is 5.07. The summed E-state index contributed by atoms with van der Waals surface area (Å²) in [5.41, 5.74) is -1.23. The van der Waals surface area contributed by atoms with Gasteiger partial charge in [0, 0.05) is 6.42 Å². The Labute approximate surface area is 114 Å². The summed E-state index contributed by atoms with van der Waals surface area (Å²) < 4.78 is 17.2. The highest BCUT2D eigenvalue weighted by molar-refractivity contribution is 5.88. The van der Waals surface area contributed by atoms with Crippen LogP contribution in [0.25, 0.3) is 0 Å². The summed E-state index contributed by atoms with van der Waals surface area (Å²) in [6.45, 7) is 9.14. The van der Waals surface area contributed by atoms with Crippen LogP contribution in [0.3, 0.4) is 0 Å². The molecule has 4 nitrogen and oxygen atoms in total. The van der Waals surface area contributed by atoms with Crippen LogP contribution in [0.1, 0.15) is 40.5 Å². The van der Waals surface area contributed by atoms with Crippen LogP contribution >= 0.6 is 0 Å². The lowest BCUT2D eigenvalue weighted by molar-refractivity contribution is -0.131. The lowest BCUT2D eigenvalue weighted by Gasteiger charge is -2.35. The van der Waals surface area contributed by atoms with Gasteiger partial charge in [0.05, 0.1) is 18.6 Å². The van der Waals surface area contributed by atoms with Crippen LogP contribution in [0, 0.1) is 5.41 Å². The molecule has 0 aromatic rings. The Morgan fingerprint density at radius 1 is 1.05 bits per heavy atom. The molecule has 0 aromatic carbocycles. The zero-order chi connectivity index (χ0) is 13.9. The van der Waals surface area contributed by atoms with Crippen molar-refractivity contribution in [3.8, 4) is 0 Å². The van der Waals surface area contributed by atoms with E-state index in [2.05, 4.69) is 6.92 Å². The maximum absolute atomic E-state index is 12.2. The molecule has 2 heterocycles. The van der Waals surface area contributed by atoms with Crippen molar-refractivity contribution in [2.75, 3.05) is 13.2 Å². The normalized spacial score (nSPS) is 43.5. The van der Waals surface area contributed by atoms with Gasteiger partial charge in [-0.1, -0.05) is 0 Å². The first-order chi connectivity index (χ1) is 8.75. The molecule has 2 aliphatic heterocycles. The third-order valence-electron chi connectivity index (χ3n) is 5.07. The summed E-state index contributed by atoms with van der Waals surface area (Å²) >= 11 is 0. The second-order valence-electron chi connectivity index (χ2n) is 6.66. The van der Waals surface area contributed by atoms with Crippen LogP contribution in [-0.2, 0) is 19.0 Å². The molecule has 0 radical (unpaired) electrons. The molecule has 0 N–H and O–H groups in total. The maximum Gasteiger partial charge on any atom is 0.185 e. The molecular formula is C15H22O4. The quantitative estimate of drug-likeness (QED) is 0.568. The van der Waals surface area contributed by atoms with Crippen molar-refractivity contribution in [3.63, 3.8) is 0 Å². The minimum absolute atomic E-state index is 0.226. The van der Waals surface area contributed by atoms with E-state index in [0.717, 1.165) is 6.42 Å². The van der Waals surface area contributed by atoms with Gasteiger partial charge in [-0.3, -0.25) is 4.79 Å². The van der Waals surface area contributed by atoms with Gasteiger partial charge in [0.2, 0.25) is 0 Å². The zero-order valence-electron chi connectivity index (χ0n) is 12.1. The molecule has 2 atom stereocenters. The van der Waals surface area contributed by atoms with Crippen molar-refractivity contribution < 1.29 is 19.0 Å². The van der Waals surface area contributed by atoms with Crippen LogP contribution in [0.15, 0.2) is 12.2 Å². The van der Waals surface area contributed by atoms with Gasteiger partial charge in [-0.25, -0.2) is 0 Å². The molecular weight excluding hydrogens is 244 g/mol. The Kier molecular flexibility index (Phi) is 2.58. The Bertz CT molecular complexity index is 447. The van der Waals surface area contributed by atoms with Crippen molar-refractivity contribution in [1.29, 1.82) is 0 Å². The van der Waals surface area contributed by atoms with Gasteiger partial charge in [0.1, 0.15) is 17.0 Å². The summed E-state index contributed by atoms with van der Waals surface area (Å²) in [7, 11) is 0. The second-order valence-corrected chi connectivity index (χ2v) is 6.66. The molecule has 19 heavy (non-hydrogen) atoms. The standard InChI is InChI=1S/C15H22O4/c1-12(2)11(16)5-6-13(3)15(12,19-13)8-7-14(4)17-9-10-18-14/h7-8H,5-6,9-10H2,1-4H3/b8-7+. The van der Waals surface area contributed by atoms with E-state index in [1.54, 1.807) is 0 Å². The Balaban J connectivity index is 1.90. The fourth-order valence-corrected chi connectivity index (χ4v) is 3.54. The molecule has 0 amide bonds. The van der Waals surface area contributed by atoms with Crippen molar-refractivity contribution in [3.05, 3.63) is 12.2 Å². The number of fused-ring (bicyclic) bond motifs is 1. The highest BCUT2D eigenvalue weighted by Crippen LogP contribution is 2.64. The van der Waals surface area contributed by atoms with E-state index < -0.39 is 16.8 Å². The molecule has 4 heteroatoms. The first-order valence-corrected chi connectivity index (χ1v) is 6.97. The van der Waals surface area contributed by atoms with E-state index in [1.807, 2.05) is 32.9 Å². The first-order valence-electron chi connectivity index (χ1n) is 6.97. The number of epoxide rings is 1. The number of hydrogen-bond acceptors (Lipinski definition) is 4. The van der Waals surface area contributed by atoms with Gasteiger partial charge in [-0.2, -0.15) is 0 Å². The van der Waals surface area contributed by atoms with Gasteiger partial charge >= 0.3 is 0 Å². The van der Waals surface area contributed by atoms with E-state index in [4.69, 9.17) is 14.2 Å². The summed E-state index contributed by atoms with van der Waals surface area (Å²) in [5.74, 6) is -0.413. The summed E-state index contributed by atoms with van der Waals surface area (Å²) in [4.78, 5) is 12.2. The van der Waals surface area contributed by atoms with Crippen molar-refractivity contribution in [2.45, 2.75) is 57.5 Å². The van der Waals surface area contributed by atoms with Crippen molar-refractivity contribution in [2.24, 2.45) is 5.41 Å². The minimum Gasteiger partial charge on any atom is -0.357 e. The van der Waals surface area contributed by atoms with Crippen LogP contribution in [-0.4, -0.2) is 36.0 Å². The van der Waals surface area contributed by atoms with Crippen LogP contribution in [0.2, 0.25) is 0 Å². The summed E-state index contributed by atoms with van der Waals surface area (Å²) in [6.07, 6.45) is 5.29. The average molecular weight is 266 g/mol. The number of Topliss-reactive ketones (excluding diaryl/α,β-unsaturated/α-hetero) is 1. The molecule has 1 saturated carbocycles. The number of carbonyl (C=O) groups is 1. The van der Waals surface area contributed by atoms with E-state index in [9.17, 15) is 4.79 Å². The number of ether oxygens (including phenoxy) is 3. The highest BCUT2D eigenvalue weighted by atomic mass is 16.7. The predicted molar refractivity (Wildman–Crippen MR) is 69.7 cm³/mol. The van der Waals surface area contributed by atoms with Crippen LogP contribution in [0.4, 0.5) is 0 Å². The summed E-state index contributed by atoms with van der Waals surface area (Å²) in [6, 6.07) is 0. The zero-order valence-corrected chi connectivity index (χ0v) is 12.1. The molecule has 0 aromatic heterocycles. The lowest BCUT2D eigenvalue weighted by atomic mass is 9.63. The van der Waals surface area contributed by atoms with Gasteiger partial charge < -0.3 is 14.2 Å². The van der Waals surface area contributed by atoms with Crippen molar-refractivity contribution in [1.82, 2.24) is 0 Å². The maximum atomic E-state index is 12.2. The SMILES string of the molecule is CC1(/C=C/C23OC2(C)CCC(=O)C3(C)C)OCCO1. The topological polar surface area (TPSA) is 48.1 Å². The largest absolute Gasteiger partial charge is 0.357 e. The predicted octanol–water partition coefficient (Wildman–Crippen LogP) is 2.22. The Morgan fingerprint density at radius 3 is 2.32 bits per heavy atom. The molecule has 2 saturated heterocycles. The molecule has 1 aliphatic carbocycles. The van der Waals surface area contributed by atoms with Gasteiger partial charge in [-0.15, -0.1) is 0 Å². The highest BCUT2D eigenvalue weighted by Gasteiger charge is 2.75. The smallest absolute Gasteiger partial charge is 0.185 e. The van der Waals surface area contributed by atoms with Crippen LogP contribution < -0.4 is 0 Å². The molecule has 3 rings (SSSR count). The molecule has 3 aliphatic rings.